The molecule has 0 amide bonds. The molecule has 0 aliphatic heterocycles. The first-order valence-electron chi connectivity index (χ1n) is 8.44. The summed E-state index contributed by atoms with van der Waals surface area (Å²) in [7, 11) is 0. The highest BCUT2D eigenvalue weighted by Crippen LogP contribution is 2.73. The average molecular weight is 277 g/mol. The minimum Gasteiger partial charge on any atom is -0.0619 e. The Labute approximate surface area is 129 Å². The van der Waals surface area contributed by atoms with Crippen molar-refractivity contribution in [3.63, 3.8) is 0 Å². The van der Waals surface area contributed by atoms with Crippen molar-refractivity contribution in [1.29, 1.82) is 0 Å². The summed E-state index contributed by atoms with van der Waals surface area (Å²) in [5.74, 6) is 4.52. The van der Waals surface area contributed by atoms with E-state index in [-0.39, 0.29) is 5.41 Å². The Morgan fingerprint density at radius 2 is 1.62 bits per heavy atom. The van der Waals surface area contributed by atoms with Gasteiger partial charge in [-0.2, -0.15) is 0 Å². The zero-order valence-electron chi connectivity index (χ0n) is 13.5. The first kappa shape index (κ1) is 13.4. The summed E-state index contributed by atoms with van der Waals surface area (Å²) in [4.78, 5) is 0. The van der Waals surface area contributed by atoms with Crippen LogP contribution in [0.5, 0.6) is 0 Å². The maximum Gasteiger partial charge on any atom is 0.0293 e. The first-order chi connectivity index (χ1) is 9.92. The van der Waals surface area contributed by atoms with Gasteiger partial charge in [0.15, 0.2) is 0 Å². The van der Waals surface area contributed by atoms with Gasteiger partial charge >= 0.3 is 0 Å². The predicted molar refractivity (Wildman–Crippen MR) is 86.3 cm³/mol. The van der Waals surface area contributed by atoms with Gasteiger partial charge in [-0.15, -0.1) is 0 Å². The summed E-state index contributed by atoms with van der Waals surface area (Å²) in [6, 6.07) is 8.58. The fraction of sp³-hybridized carbons (Fsp3) is 0.619. The average Bonchev–Trinajstić information content (AvgIpc) is 2.44. The Morgan fingerprint density at radius 3 is 2.24 bits per heavy atom. The Bertz CT molecular complexity index is 614. The van der Waals surface area contributed by atoms with Gasteiger partial charge in [-0.1, -0.05) is 44.9 Å². The van der Waals surface area contributed by atoms with Crippen molar-refractivity contribution in [2.75, 3.05) is 0 Å². The Morgan fingerprint density at radius 1 is 1.00 bits per heavy atom. The van der Waals surface area contributed by atoms with E-state index in [2.05, 4.69) is 51.0 Å². The molecule has 2 unspecified atom stereocenters. The molecular formula is C21H25. The molecule has 0 N–H and O–H groups in total. The van der Waals surface area contributed by atoms with Gasteiger partial charge in [0, 0.05) is 11.0 Å². The normalized spacial score (nSPS) is 42.8. The largest absolute Gasteiger partial charge is 0.0619 e. The highest BCUT2D eigenvalue weighted by molar-refractivity contribution is 5.46. The number of benzene rings is 1. The molecule has 5 rings (SSSR count). The van der Waals surface area contributed by atoms with Gasteiger partial charge < -0.3 is 0 Å². The van der Waals surface area contributed by atoms with Crippen LogP contribution in [0.1, 0.15) is 64.0 Å². The van der Waals surface area contributed by atoms with E-state index in [1.54, 1.807) is 0 Å². The molecule has 1 aromatic carbocycles. The minimum absolute atomic E-state index is 0.260. The smallest absolute Gasteiger partial charge is 0.0293 e. The van der Waals surface area contributed by atoms with Gasteiger partial charge in [0.05, 0.1) is 0 Å². The van der Waals surface area contributed by atoms with Crippen LogP contribution in [0.25, 0.3) is 0 Å². The van der Waals surface area contributed by atoms with Crippen LogP contribution >= 0.6 is 0 Å². The van der Waals surface area contributed by atoms with E-state index in [1.807, 2.05) is 0 Å². The van der Waals surface area contributed by atoms with Crippen LogP contribution in [-0.2, 0) is 5.41 Å². The van der Waals surface area contributed by atoms with Crippen LogP contribution < -0.4 is 0 Å². The zero-order valence-corrected chi connectivity index (χ0v) is 13.5. The second kappa shape index (κ2) is 3.95. The molecule has 4 bridgehead atoms. The molecule has 1 radical (unpaired) electrons. The molecule has 4 aliphatic rings. The van der Waals surface area contributed by atoms with Crippen molar-refractivity contribution >= 4 is 0 Å². The van der Waals surface area contributed by atoms with Crippen LogP contribution in [0, 0.1) is 35.0 Å². The highest BCUT2D eigenvalue weighted by atomic mass is 14.7. The number of hydrogen-bond donors (Lipinski definition) is 0. The van der Waals surface area contributed by atoms with E-state index in [4.69, 9.17) is 6.42 Å². The van der Waals surface area contributed by atoms with Crippen molar-refractivity contribution in [2.24, 2.45) is 22.7 Å². The standard InChI is InChI=1S/C21H25/c1-5-17-8-6-7-9-18(17)21-13-15-10-16(14-21)12-20(4,11-15)19(21,2)3/h6-9,15-16H,10-14H2,2-4H3. The van der Waals surface area contributed by atoms with Crippen LogP contribution in [0.3, 0.4) is 0 Å². The Hall–Kier alpha value is -1.22. The lowest BCUT2D eigenvalue weighted by Gasteiger charge is -2.71. The molecule has 0 aromatic heterocycles. The van der Waals surface area contributed by atoms with Crippen LogP contribution in [0.2, 0.25) is 0 Å². The Balaban J connectivity index is 1.95. The summed E-state index contributed by atoms with van der Waals surface area (Å²) in [5.41, 5.74) is 3.46. The maximum atomic E-state index is 7.72. The summed E-state index contributed by atoms with van der Waals surface area (Å²) < 4.78 is 0. The topological polar surface area (TPSA) is 0 Å². The molecule has 1 aromatic rings. The predicted octanol–water partition coefficient (Wildman–Crippen LogP) is 5.12. The van der Waals surface area contributed by atoms with E-state index in [9.17, 15) is 0 Å². The third-order valence-electron chi connectivity index (χ3n) is 7.70. The molecule has 4 saturated carbocycles. The molecule has 4 fully saturated rings. The molecular weight excluding hydrogens is 252 g/mol. The fourth-order valence-electron chi connectivity index (χ4n) is 6.54. The first-order valence-corrected chi connectivity index (χ1v) is 8.44. The summed E-state index contributed by atoms with van der Waals surface area (Å²) in [6.45, 7) is 7.55. The van der Waals surface area contributed by atoms with E-state index < -0.39 is 0 Å². The van der Waals surface area contributed by atoms with Crippen molar-refractivity contribution in [2.45, 2.75) is 58.3 Å². The maximum absolute atomic E-state index is 7.72. The van der Waals surface area contributed by atoms with Gasteiger partial charge in [-0.05, 0) is 72.8 Å². The number of hydrogen-bond acceptors (Lipinski definition) is 0. The van der Waals surface area contributed by atoms with Crippen molar-refractivity contribution < 1.29 is 0 Å². The quantitative estimate of drug-likeness (QED) is 0.625. The van der Waals surface area contributed by atoms with Crippen LogP contribution in [-0.4, -0.2) is 0 Å². The highest BCUT2D eigenvalue weighted by Gasteiger charge is 2.66. The summed E-state index contributed by atoms with van der Waals surface area (Å²) in [5, 5.41) is 0. The lowest BCUT2D eigenvalue weighted by molar-refractivity contribution is -0.170. The molecule has 0 heterocycles. The van der Waals surface area contributed by atoms with Crippen molar-refractivity contribution in [3.8, 4) is 5.92 Å². The molecule has 0 saturated heterocycles. The molecule has 0 nitrogen and oxygen atoms in total. The lowest BCUT2D eigenvalue weighted by atomic mass is 9.33. The molecule has 21 heavy (non-hydrogen) atoms. The van der Waals surface area contributed by atoms with E-state index in [1.165, 1.54) is 37.7 Å². The third kappa shape index (κ3) is 1.48. The van der Waals surface area contributed by atoms with E-state index in [0.717, 1.165) is 17.4 Å². The van der Waals surface area contributed by atoms with Crippen LogP contribution in [0.15, 0.2) is 24.3 Å². The van der Waals surface area contributed by atoms with E-state index >= 15 is 0 Å². The summed E-state index contributed by atoms with van der Waals surface area (Å²) >= 11 is 0. The molecule has 109 valence electrons. The van der Waals surface area contributed by atoms with Crippen molar-refractivity contribution in [3.05, 3.63) is 41.8 Å². The third-order valence-corrected chi connectivity index (χ3v) is 7.70. The second-order valence-electron chi connectivity index (χ2n) is 8.72. The SMILES string of the molecule is [C]#Cc1ccccc1C12CC3CC(CC(C)(C3)C1(C)C)C2. The molecule has 2 atom stereocenters. The minimum atomic E-state index is 0.260. The monoisotopic (exact) mass is 277 g/mol. The van der Waals surface area contributed by atoms with Gasteiger partial charge in [0.25, 0.3) is 0 Å². The fourth-order valence-corrected chi connectivity index (χ4v) is 6.54. The summed E-state index contributed by atoms with van der Waals surface area (Å²) in [6.07, 6.45) is 14.6. The molecule has 4 aliphatic carbocycles. The number of rotatable bonds is 1. The van der Waals surface area contributed by atoms with Gasteiger partial charge in [0.1, 0.15) is 0 Å². The van der Waals surface area contributed by atoms with Gasteiger partial charge in [-0.3, -0.25) is 0 Å². The Kier molecular flexibility index (Phi) is 2.53. The van der Waals surface area contributed by atoms with E-state index in [0.29, 0.717) is 10.8 Å². The lowest BCUT2D eigenvalue weighted by Crippen LogP contribution is -2.64. The van der Waals surface area contributed by atoms with Gasteiger partial charge in [0.2, 0.25) is 0 Å². The zero-order chi connectivity index (χ0) is 14.9. The van der Waals surface area contributed by atoms with Crippen molar-refractivity contribution in [1.82, 2.24) is 0 Å². The molecule has 0 heteroatoms. The van der Waals surface area contributed by atoms with Crippen LogP contribution in [0.4, 0.5) is 0 Å². The second-order valence-corrected chi connectivity index (χ2v) is 8.72. The molecule has 0 spiro atoms. The van der Waals surface area contributed by atoms with Gasteiger partial charge in [-0.25, -0.2) is 0 Å².